The molecular formula is C13H16N2O2. The van der Waals surface area contributed by atoms with E-state index in [9.17, 15) is 0 Å². The smallest absolute Gasteiger partial charge is 0.399 e. The molecule has 0 bridgehead atoms. The maximum atomic E-state index is 5.46. The van der Waals surface area contributed by atoms with E-state index in [1.807, 2.05) is 24.3 Å². The highest BCUT2D eigenvalue weighted by Gasteiger charge is 2.04. The third-order valence-electron chi connectivity index (χ3n) is 2.41. The molecule has 4 nitrogen and oxygen atoms in total. The topological polar surface area (TPSA) is 61.3 Å². The lowest BCUT2D eigenvalue weighted by molar-refractivity contribution is 0.330. The molecule has 0 amide bonds. The first kappa shape index (κ1) is 11.7. The number of nitrogens with zero attached hydrogens (tertiary/aromatic N) is 1. The van der Waals surface area contributed by atoms with Crippen molar-refractivity contribution < 1.29 is 9.15 Å². The van der Waals surface area contributed by atoms with Crippen LogP contribution in [-0.2, 0) is 13.0 Å². The van der Waals surface area contributed by atoms with Crippen LogP contribution in [0, 0.1) is 0 Å². The van der Waals surface area contributed by atoms with E-state index < -0.39 is 0 Å². The first-order valence-electron chi connectivity index (χ1n) is 5.73. The van der Waals surface area contributed by atoms with Gasteiger partial charge in [0.1, 0.15) is 12.0 Å². The zero-order valence-corrected chi connectivity index (χ0v) is 9.85. The molecule has 2 rings (SSSR count). The predicted octanol–water partition coefficient (Wildman–Crippen LogP) is 2.88. The second kappa shape index (κ2) is 5.50. The lowest BCUT2D eigenvalue weighted by Crippen LogP contribution is -1.95. The predicted molar refractivity (Wildman–Crippen MR) is 64.9 cm³/mol. The molecule has 0 atom stereocenters. The van der Waals surface area contributed by atoms with Gasteiger partial charge in [-0.15, -0.1) is 0 Å². The van der Waals surface area contributed by atoms with E-state index in [-0.39, 0.29) is 6.08 Å². The largest absolute Gasteiger partial charge is 0.417 e. The van der Waals surface area contributed by atoms with Crippen molar-refractivity contribution in [2.24, 2.45) is 5.73 Å². The fraction of sp³-hybridized carbons (Fsp3) is 0.308. The molecule has 0 aliphatic heterocycles. The van der Waals surface area contributed by atoms with Crippen LogP contribution in [0.25, 0.3) is 0 Å². The van der Waals surface area contributed by atoms with Crippen LogP contribution in [0.15, 0.2) is 34.9 Å². The first-order chi connectivity index (χ1) is 8.31. The van der Waals surface area contributed by atoms with Crippen LogP contribution in [0.5, 0.6) is 11.8 Å². The van der Waals surface area contributed by atoms with Crippen molar-refractivity contribution in [1.82, 2.24) is 4.98 Å². The van der Waals surface area contributed by atoms with Crippen molar-refractivity contribution in [3.05, 3.63) is 41.8 Å². The highest BCUT2D eigenvalue weighted by Crippen LogP contribution is 2.21. The molecule has 0 unspecified atom stereocenters. The van der Waals surface area contributed by atoms with Gasteiger partial charge in [0, 0.05) is 6.54 Å². The lowest BCUT2D eigenvalue weighted by atomic mass is 10.1. The Bertz CT molecular complexity index is 463. The van der Waals surface area contributed by atoms with Crippen molar-refractivity contribution in [3.63, 3.8) is 0 Å². The Morgan fingerprint density at radius 3 is 2.65 bits per heavy atom. The summed E-state index contributed by atoms with van der Waals surface area (Å²) in [6.45, 7) is 2.51. The minimum absolute atomic E-state index is 0.230. The highest BCUT2D eigenvalue weighted by atomic mass is 16.6. The number of hydrogen-bond donors (Lipinski definition) is 1. The fourth-order valence-electron chi connectivity index (χ4n) is 1.54. The molecule has 2 N–H and O–H groups in total. The summed E-state index contributed by atoms with van der Waals surface area (Å²) in [6.07, 6.45) is 3.95. The summed E-state index contributed by atoms with van der Waals surface area (Å²) in [5.74, 6) is 0.718. The number of aromatic nitrogens is 1. The number of oxazole rings is 1. The average Bonchev–Trinajstić information content (AvgIpc) is 2.80. The van der Waals surface area contributed by atoms with Crippen LogP contribution >= 0.6 is 0 Å². The molecule has 0 fully saturated rings. The Morgan fingerprint density at radius 2 is 2.06 bits per heavy atom. The molecule has 17 heavy (non-hydrogen) atoms. The van der Waals surface area contributed by atoms with Gasteiger partial charge < -0.3 is 14.9 Å². The monoisotopic (exact) mass is 232 g/mol. The summed E-state index contributed by atoms with van der Waals surface area (Å²) in [4.78, 5) is 4.07. The van der Waals surface area contributed by atoms with E-state index in [1.54, 1.807) is 0 Å². The van der Waals surface area contributed by atoms with E-state index in [0.29, 0.717) is 12.2 Å². The van der Waals surface area contributed by atoms with Gasteiger partial charge in [0.15, 0.2) is 0 Å². The summed E-state index contributed by atoms with van der Waals surface area (Å²) >= 11 is 0. The van der Waals surface area contributed by atoms with Crippen molar-refractivity contribution in [2.75, 3.05) is 0 Å². The standard InChI is InChI=1S/C13H16N2O2/c1-2-3-10-4-6-12(7-5-10)17-13-15-11(8-14)9-16-13/h4-7,9H,2-3,8,14H2,1H3. The van der Waals surface area contributed by atoms with Gasteiger partial charge in [-0.05, 0) is 24.1 Å². The van der Waals surface area contributed by atoms with E-state index in [4.69, 9.17) is 14.9 Å². The van der Waals surface area contributed by atoms with Gasteiger partial charge in [-0.25, -0.2) is 0 Å². The number of nitrogens with two attached hydrogens (primary N) is 1. The van der Waals surface area contributed by atoms with Crippen LogP contribution < -0.4 is 10.5 Å². The first-order valence-corrected chi connectivity index (χ1v) is 5.73. The van der Waals surface area contributed by atoms with Crippen LogP contribution in [0.2, 0.25) is 0 Å². The zero-order valence-electron chi connectivity index (χ0n) is 9.85. The van der Waals surface area contributed by atoms with E-state index >= 15 is 0 Å². The van der Waals surface area contributed by atoms with Gasteiger partial charge in [-0.1, -0.05) is 25.5 Å². The molecule has 0 saturated carbocycles. The molecule has 4 heteroatoms. The van der Waals surface area contributed by atoms with Crippen LogP contribution in [0.1, 0.15) is 24.6 Å². The second-order valence-electron chi connectivity index (χ2n) is 3.80. The number of ether oxygens (including phenoxy) is 1. The van der Waals surface area contributed by atoms with E-state index in [0.717, 1.165) is 18.6 Å². The summed E-state index contributed by atoms with van der Waals surface area (Å²) < 4.78 is 10.6. The van der Waals surface area contributed by atoms with Crippen molar-refractivity contribution in [1.29, 1.82) is 0 Å². The second-order valence-corrected chi connectivity index (χ2v) is 3.80. The zero-order chi connectivity index (χ0) is 12.1. The minimum Gasteiger partial charge on any atom is -0.417 e. The van der Waals surface area contributed by atoms with Crippen LogP contribution in [0.4, 0.5) is 0 Å². The molecule has 1 aromatic carbocycles. The fourth-order valence-corrected chi connectivity index (χ4v) is 1.54. The number of benzene rings is 1. The van der Waals surface area contributed by atoms with Gasteiger partial charge in [-0.3, -0.25) is 0 Å². The molecule has 0 aliphatic carbocycles. The van der Waals surface area contributed by atoms with E-state index in [1.165, 1.54) is 11.8 Å². The molecule has 1 aromatic heterocycles. The van der Waals surface area contributed by atoms with Crippen molar-refractivity contribution >= 4 is 0 Å². The van der Waals surface area contributed by atoms with Gasteiger partial charge >= 0.3 is 6.08 Å². The SMILES string of the molecule is CCCc1ccc(Oc2nc(CN)co2)cc1. The van der Waals surface area contributed by atoms with Gasteiger partial charge in [-0.2, -0.15) is 4.98 Å². The normalized spacial score (nSPS) is 10.5. The van der Waals surface area contributed by atoms with E-state index in [2.05, 4.69) is 11.9 Å². The Labute approximate surface area is 100 Å². The summed E-state index contributed by atoms with van der Waals surface area (Å²) in [7, 11) is 0. The lowest BCUT2D eigenvalue weighted by Gasteiger charge is -2.02. The molecule has 0 aliphatic rings. The number of aryl methyl sites for hydroxylation is 1. The Balaban J connectivity index is 2.03. The summed E-state index contributed by atoms with van der Waals surface area (Å²) in [6, 6.07) is 7.92. The van der Waals surface area contributed by atoms with Gasteiger partial charge in [0.25, 0.3) is 0 Å². The Kier molecular flexibility index (Phi) is 3.77. The summed E-state index contributed by atoms with van der Waals surface area (Å²) in [5.41, 5.74) is 7.42. The Hall–Kier alpha value is -1.81. The molecule has 1 heterocycles. The van der Waals surface area contributed by atoms with Crippen molar-refractivity contribution in [3.8, 4) is 11.8 Å². The minimum atomic E-state index is 0.230. The quantitative estimate of drug-likeness (QED) is 0.861. The Morgan fingerprint density at radius 1 is 1.29 bits per heavy atom. The maximum Gasteiger partial charge on any atom is 0.399 e. The van der Waals surface area contributed by atoms with Gasteiger partial charge in [0.05, 0.1) is 5.69 Å². The number of hydrogen-bond acceptors (Lipinski definition) is 4. The molecular weight excluding hydrogens is 216 g/mol. The average molecular weight is 232 g/mol. The van der Waals surface area contributed by atoms with Crippen LogP contribution in [-0.4, -0.2) is 4.98 Å². The third kappa shape index (κ3) is 3.07. The molecule has 0 spiro atoms. The van der Waals surface area contributed by atoms with Crippen molar-refractivity contribution in [2.45, 2.75) is 26.3 Å². The molecule has 2 aromatic rings. The van der Waals surface area contributed by atoms with Crippen LogP contribution in [0.3, 0.4) is 0 Å². The molecule has 90 valence electrons. The molecule has 0 radical (unpaired) electrons. The third-order valence-corrected chi connectivity index (χ3v) is 2.41. The maximum absolute atomic E-state index is 5.46. The highest BCUT2D eigenvalue weighted by molar-refractivity contribution is 5.29. The summed E-state index contributed by atoms with van der Waals surface area (Å²) in [5, 5.41) is 0. The van der Waals surface area contributed by atoms with Gasteiger partial charge in [0.2, 0.25) is 0 Å². The number of rotatable bonds is 5. The molecule has 0 saturated heterocycles.